The highest BCUT2D eigenvalue weighted by Gasteiger charge is 2.47. The molecule has 0 radical (unpaired) electrons. The summed E-state index contributed by atoms with van der Waals surface area (Å²) in [7, 11) is 0. The van der Waals surface area contributed by atoms with Gasteiger partial charge in [-0.25, -0.2) is 9.97 Å². The van der Waals surface area contributed by atoms with E-state index in [-0.39, 0.29) is 17.2 Å². The molecule has 2 heterocycles. The van der Waals surface area contributed by atoms with Crippen LogP contribution in [0.3, 0.4) is 0 Å². The average Bonchev–Trinajstić information content (AvgIpc) is 3.31. The first-order valence-corrected chi connectivity index (χ1v) is 9.02. The van der Waals surface area contributed by atoms with Crippen molar-refractivity contribution in [1.29, 1.82) is 0 Å². The van der Waals surface area contributed by atoms with Crippen LogP contribution < -0.4 is 5.32 Å². The van der Waals surface area contributed by atoms with Gasteiger partial charge in [-0.2, -0.15) is 4.98 Å². The highest BCUT2D eigenvalue weighted by molar-refractivity contribution is 6.33. The van der Waals surface area contributed by atoms with Crippen LogP contribution in [0.25, 0.3) is 11.0 Å². The lowest BCUT2D eigenvalue weighted by atomic mass is 9.88. The lowest BCUT2D eigenvalue weighted by Crippen LogP contribution is -2.32. The minimum absolute atomic E-state index is 0.166. The van der Waals surface area contributed by atoms with Crippen molar-refractivity contribution in [2.45, 2.75) is 18.4 Å². The summed E-state index contributed by atoms with van der Waals surface area (Å²) in [5.74, 6) is 2.71. The number of hydrogen-bond donors (Lipinski definition) is 2. The van der Waals surface area contributed by atoms with Gasteiger partial charge in [-0.3, -0.25) is 0 Å². The van der Waals surface area contributed by atoms with E-state index in [4.69, 9.17) is 28.2 Å². The number of imidazole rings is 1. The van der Waals surface area contributed by atoms with Gasteiger partial charge in [0.15, 0.2) is 0 Å². The Kier molecular flexibility index (Phi) is 3.47. The number of anilines is 1. The minimum Gasteiger partial charge on any atom is -0.365 e. The summed E-state index contributed by atoms with van der Waals surface area (Å²) in [5.41, 5.74) is 2.05. The van der Waals surface area contributed by atoms with Crippen molar-refractivity contribution in [3.05, 3.63) is 58.7 Å². The summed E-state index contributed by atoms with van der Waals surface area (Å²) in [4.78, 5) is 16.5. The number of fused-ring (bicyclic) bond motifs is 3. The van der Waals surface area contributed by atoms with Crippen molar-refractivity contribution in [2.75, 3.05) is 5.32 Å². The second-order valence-electron chi connectivity index (χ2n) is 6.62. The van der Waals surface area contributed by atoms with Crippen molar-refractivity contribution >= 4 is 40.1 Å². The predicted molar refractivity (Wildman–Crippen MR) is 99.0 cm³/mol. The van der Waals surface area contributed by atoms with E-state index in [1.165, 1.54) is 6.20 Å². The Morgan fingerprint density at radius 2 is 1.92 bits per heavy atom. The summed E-state index contributed by atoms with van der Waals surface area (Å²) < 4.78 is 0. The molecule has 4 atom stereocenters. The molecule has 0 unspecified atom stereocenters. The van der Waals surface area contributed by atoms with Gasteiger partial charge in [0.05, 0.1) is 17.2 Å². The molecule has 0 saturated heterocycles. The van der Waals surface area contributed by atoms with E-state index in [2.05, 4.69) is 38.5 Å². The van der Waals surface area contributed by atoms with Crippen LogP contribution in [0.1, 0.15) is 18.2 Å². The third-order valence-electron chi connectivity index (χ3n) is 5.20. The van der Waals surface area contributed by atoms with E-state index in [0.717, 1.165) is 23.3 Å². The molecule has 0 aliphatic heterocycles. The number of aromatic nitrogens is 4. The van der Waals surface area contributed by atoms with Crippen LogP contribution >= 0.6 is 23.2 Å². The Hall–Kier alpha value is -2.11. The zero-order valence-corrected chi connectivity index (χ0v) is 14.7. The molecule has 0 spiro atoms. The molecule has 1 fully saturated rings. The SMILES string of the molecule is Clc1ncc(Cl)c(N[C@H]2[C@@H](c3nc4ccccc4[nH]3)[C@@H]3C=C[C@H]2C3)n1. The van der Waals surface area contributed by atoms with Gasteiger partial charge in [0.2, 0.25) is 5.28 Å². The van der Waals surface area contributed by atoms with E-state index >= 15 is 0 Å². The zero-order chi connectivity index (χ0) is 17.0. The molecule has 1 saturated carbocycles. The Labute approximate surface area is 154 Å². The summed E-state index contributed by atoms with van der Waals surface area (Å²) in [6.07, 6.45) is 7.21. The third kappa shape index (κ3) is 2.50. The van der Waals surface area contributed by atoms with Gasteiger partial charge in [0.1, 0.15) is 16.7 Å². The van der Waals surface area contributed by atoms with Crippen LogP contribution in [0.2, 0.25) is 10.3 Å². The lowest BCUT2D eigenvalue weighted by Gasteiger charge is -2.28. The molecule has 2 N–H and O–H groups in total. The van der Waals surface area contributed by atoms with Crippen LogP contribution in [0.5, 0.6) is 0 Å². The molecule has 2 aliphatic rings. The first kappa shape index (κ1) is 15.2. The van der Waals surface area contributed by atoms with E-state index in [1.807, 2.05) is 18.2 Å². The van der Waals surface area contributed by atoms with Gasteiger partial charge >= 0.3 is 0 Å². The number of aromatic amines is 1. The van der Waals surface area contributed by atoms with Gasteiger partial charge in [0.25, 0.3) is 0 Å². The first-order chi connectivity index (χ1) is 12.2. The predicted octanol–water partition coefficient (Wildman–Crippen LogP) is 4.43. The number of allylic oxidation sites excluding steroid dienone is 1. The van der Waals surface area contributed by atoms with Gasteiger partial charge in [-0.05, 0) is 42.0 Å². The largest absolute Gasteiger partial charge is 0.365 e. The fourth-order valence-electron chi connectivity index (χ4n) is 4.13. The number of halogens is 2. The molecule has 1 aromatic carbocycles. The molecule has 7 heteroatoms. The van der Waals surface area contributed by atoms with E-state index in [9.17, 15) is 0 Å². The van der Waals surface area contributed by atoms with E-state index < -0.39 is 0 Å². The maximum absolute atomic E-state index is 6.25. The number of nitrogens with zero attached hydrogens (tertiary/aromatic N) is 3. The maximum atomic E-state index is 6.25. The summed E-state index contributed by atoms with van der Waals surface area (Å²) in [5, 5.41) is 4.15. The second-order valence-corrected chi connectivity index (χ2v) is 7.36. The molecular formula is C18H15Cl2N5. The van der Waals surface area contributed by atoms with Gasteiger partial charge in [0, 0.05) is 12.0 Å². The normalized spacial score (nSPS) is 27.3. The molecule has 25 heavy (non-hydrogen) atoms. The fraction of sp³-hybridized carbons (Fsp3) is 0.278. The number of hydrogen-bond acceptors (Lipinski definition) is 4. The van der Waals surface area contributed by atoms with Crippen molar-refractivity contribution in [2.24, 2.45) is 11.8 Å². The van der Waals surface area contributed by atoms with Gasteiger partial charge in [-0.15, -0.1) is 0 Å². The first-order valence-electron chi connectivity index (χ1n) is 8.26. The zero-order valence-electron chi connectivity index (χ0n) is 13.2. The number of benzene rings is 1. The number of rotatable bonds is 3. The average molecular weight is 372 g/mol. The molecule has 2 aliphatic carbocycles. The summed E-state index contributed by atoms with van der Waals surface area (Å²) in [6, 6.07) is 8.27. The third-order valence-corrected chi connectivity index (χ3v) is 5.66. The Morgan fingerprint density at radius 1 is 1.08 bits per heavy atom. The topological polar surface area (TPSA) is 66.5 Å². The molecule has 5 nitrogen and oxygen atoms in total. The van der Waals surface area contributed by atoms with Crippen LogP contribution in [0, 0.1) is 11.8 Å². The van der Waals surface area contributed by atoms with Gasteiger partial charge < -0.3 is 10.3 Å². The Morgan fingerprint density at radius 3 is 2.80 bits per heavy atom. The Bertz CT molecular complexity index is 950. The Balaban J connectivity index is 1.53. The highest BCUT2D eigenvalue weighted by atomic mass is 35.5. The molecule has 3 aromatic rings. The number of para-hydroxylation sites is 2. The quantitative estimate of drug-likeness (QED) is 0.527. The summed E-state index contributed by atoms with van der Waals surface area (Å²) in [6.45, 7) is 0. The highest BCUT2D eigenvalue weighted by Crippen LogP contribution is 2.49. The van der Waals surface area contributed by atoms with Gasteiger partial charge in [-0.1, -0.05) is 35.9 Å². The lowest BCUT2D eigenvalue weighted by molar-refractivity contribution is 0.512. The molecule has 2 aromatic heterocycles. The van der Waals surface area contributed by atoms with Crippen LogP contribution in [0.4, 0.5) is 5.82 Å². The van der Waals surface area contributed by atoms with Crippen LogP contribution in [0.15, 0.2) is 42.6 Å². The standard InChI is InChI=1S/C18H15Cl2N5/c19-11-8-21-18(20)25-16(11)24-15-10-6-5-9(7-10)14(15)17-22-12-3-1-2-4-13(12)23-17/h1-6,8-10,14-15H,7H2,(H,22,23)(H,21,24,25)/t9-,10+,14+,15-/m1/s1. The molecule has 126 valence electrons. The number of nitrogens with one attached hydrogen (secondary N) is 2. The fourth-order valence-corrected chi connectivity index (χ4v) is 4.41. The summed E-state index contributed by atoms with van der Waals surface area (Å²) >= 11 is 12.2. The van der Waals surface area contributed by atoms with Crippen molar-refractivity contribution in [3.8, 4) is 0 Å². The second kappa shape index (κ2) is 5.71. The smallest absolute Gasteiger partial charge is 0.224 e. The molecule has 5 rings (SSSR count). The minimum atomic E-state index is 0.166. The van der Waals surface area contributed by atoms with Crippen LogP contribution in [-0.2, 0) is 0 Å². The molecular weight excluding hydrogens is 357 g/mol. The van der Waals surface area contributed by atoms with Crippen molar-refractivity contribution < 1.29 is 0 Å². The maximum Gasteiger partial charge on any atom is 0.224 e. The van der Waals surface area contributed by atoms with Crippen LogP contribution in [-0.4, -0.2) is 26.0 Å². The monoisotopic (exact) mass is 371 g/mol. The molecule has 0 amide bonds. The van der Waals surface area contributed by atoms with Crippen molar-refractivity contribution in [1.82, 2.24) is 19.9 Å². The van der Waals surface area contributed by atoms with Crippen molar-refractivity contribution in [3.63, 3.8) is 0 Å². The van der Waals surface area contributed by atoms with E-state index in [1.54, 1.807) is 0 Å². The number of H-pyrrole nitrogens is 1. The van der Waals surface area contributed by atoms with E-state index in [0.29, 0.717) is 22.7 Å². The molecule has 2 bridgehead atoms.